The van der Waals surface area contributed by atoms with E-state index < -0.39 is 10.0 Å². The van der Waals surface area contributed by atoms with Gasteiger partial charge in [0.15, 0.2) is 5.03 Å². The largest absolute Gasteiger partial charge is 0.392 e. The fourth-order valence-corrected chi connectivity index (χ4v) is 4.20. The second-order valence-electron chi connectivity index (χ2n) is 4.16. The number of thiophene rings is 1. The van der Waals surface area contributed by atoms with Gasteiger partial charge in [-0.05, 0) is 33.6 Å². The van der Waals surface area contributed by atoms with Crippen LogP contribution in [0, 0.1) is 0 Å². The highest BCUT2D eigenvalue weighted by atomic mass is 79.9. The predicted octanol–water partition coefficient (Wildman–Crippen LogP) is 2.22. The third-order valence-corrected chi connectivity index (χ3v) is 6.06. The van der Waals surface area contributed by atoms with Crippen molar-refractivity contribution in [3.8, 4) is 0 Å². The van der Waals surface area contributed by atoms with Crippen LogP contribution in [0.3, 0.4) is 0 Å². The van der Waals surface area contributed by atoms with Gasteiger partial charge in [-0.1, -0.05) is 6.07 Å². The number of nitrogens with zero attached hydrogens (tertiary/aromatic N) is 2. The van der Waals surface area contributed by atoms with Gasteiger partial charge in [0.2, 0.25) is 0 Å². The van der Waals surface area contributed by atoms with E-state index in [9.17, 15) is 8.42 Å². The fourth-order valence-electron chi connectivity index (χ4n) is 1.56. The summed E-state index contributed by atoms with van der Waals surface area (Å²) in [6.07, 6.45) is 1.36. The Balaban J connectivity index is 2.19. The lowest BCUT2D eigenvalue weighted by atomic mass is 10.3. The molecule has 0 saturated heterocycles. The molecular formula is C12H13BrN2O3S2. The molecule has 20 heavy (non-hydrogen) atoms. The number of sulfonamides is 1. The minimum atomic E-state index is -3.62. The van der Waals surface area contributed by atoms with E-state index in [0.29, 0.717) is 12.1 Å². The second kappa shape index (κ2) is 6.31. The number of halogens is 1. The smallest absolute Gasteiger partial charge is 0.260 e. The number of hydrogen-bond donors (Lipinski definition) is 1. The van der Waals surface area contributed by atoms with Crippen LogP contribution >= 0.6 is 27.3 Å². The van der Waals surface area contributed by atoms with Crippen LogP contribution in [0.4, 0.5) is 0 Å². The Morgan fingerprint density at radius 3 is 2.70 bits per heavy atom. The van der Waals surface area contributed by atoms with Crippen molar-refractivity contribution in [1.82, 2.24) is 9.29 Å². The molecule has 0 aliphatic rings. The fraction of sp³-hybridized carbons (Fsp3) is 0.250. The van der Waals surface area contributed by atoms with E-state index in [2.05, 4.69) is 20.9 Å². The molecule has 0 spiro atoms. The second-order valence-corrected chi connectivity index (χ2v) is 8.06. The van der Waals surface area contributed by atoms with E-state index in [-0.39, 0.29) is 11.6 Å². The summed E-state index contributed by atoms with van der Waals surface area (Å²) in [5.74, 6) is 0. The lowest BCUT2D eigenvalue weighted by Crippen LogP contribution is -2.26. The van der Waals surface area contributed by atoms with Crippen molar-refractivity contribution in [2.75, 3.05) is 7.05 Å². The maximum Gasteiger partial charge on any atom is 0.260 e. The molecule has 108 valence electrons. The first-order valence-corrected chi connectivity index (χ1v) is 8.80. The standard InChI is InChI=1S/C12H13BrN2O3S2/c1-15(6-11-4-10(13)8-19-11)20(17,18)12-3-2-9(7-16)5-14-12/h2-5,8,16H,6-7H2,1H3. The van der Waals surface area contributed by atoms with Crippen molar-refractivity contribution in [3.05, 3.63) is 44.7 Å². The number of aliphatic hydroxyl groups excluding tert-OH is 1. The highest BCUT2D eigenvalue weighted by molar-refractivity contribution is 9.10. The molecule has 0 amide bonds. The van der Waals surface area contributed by atoms with Crippen LogP contribution in [-0.2, 0) is 23.2 Å². The third kappa shape index (κ3) is 3.44. The maximum atomic E-state index is 12.3. The van der Waals surface area contributed by atoms with Crippen molar-refractivity contribution < 1.29 is 13.5 Å². The van der Waals surface area contributed by atoms with E-state index in [1.165, 1.54) is 35.0 Å². The molecule has 0 saturated carbocycles. The zero-order chi connectivity index (χ0) is 14.8. The summed E-state index contributed by atoms with van der Waals surface area (Å²) < 4.78 is 26.9. The van der Waals surface area contributed by atoms with Gasteiger partial charge in [0, 0.05) is 34.5 Å². The molecule has 0 bridgehead atoms. The van der Waals surface area contributed by atoms with E-state index in [1.807, 2.05) is 11.4 Å². The first kappa shape index (κ1) is 15.6. The van der Waals surface area contributed by atoms with Gasteiger partial charge < -0.3 is 5.11 Å². The van der Waals surface area contributed by atoms with E-state index in [4.69, 9.17) is 5.11 Å². The molecule has 0 aliphatic heterocycles. The number of rotatable bonds is 5. The monoisotopic (exact) mass is 376 g/mol. The summed E-state index contributed by atoms with van der Waals surface area (Å²) >= 11 is 4.83. The lowest BCUT2D eigenvalue weighted by molar-refractivity contribution is 0.281. The van der Waals surface area contributed by atoms with Gasteiger partial charge in [-0.3, -0.25) is 0 Å². The number of aliphatic hydroxyl groups is 1. The summed E-state index contributed by atoms with van der Waals surface area (Å²) in [4.78, 5) is 4.83. The average molecular weight is 377 g/mol. The minimum absolute atomic E-state index is 0.0205. The van der Waals surface area contributed by atoms with Gasteiger partial charge in [0.05, 0.1) is 6.61 Å². The van der Waals surface area contributed by atoms with Crippen molar-refractivity contribution in [2.45, 2.75) is 18.2 Å². The van der Waals surface area contributed by atoms with E-state index in [1.54, 1.807) is 6.07 Å². The Hall–Kier alpha value is -0.800. The van der Waals surface area contributed by atoms with Crippen molar-refractivity contribution in [2.24, 2.45) is 0 Å². The van der Waals surface area contributed by atoms with Crippen molar-refractivity contribution in [3.63, 3.8) is 0 Å². The summed E-state index contributed by atoms with van der Waals surface area (Å²) in [5, 5.41) is 10.8. The molecule has 0 fully saturated rings. The van der Waals surface area contributed by atoms with E-state index >= 15 is 0 Å². The molecule has 2 aromatic rings. The van der Waals surface area contributed by atoms with E-state index in [0.717, 1.165) is 9.35 Å². The van der Waals surface area contributed by atoms with Gasteiger partial charge in [0.25, 0.3) is 10.0 Å². The van der Waals surface area contributed by atoms with Crippen LogP contribution in [-0.4, -0.2) is 29.9 Å². The highest BCUT2D eigenvalue weighted by Crippen LogP contribution is 2.23. The molecule has 0 unspecified atom stereocenters. The molecule has 0 aromatic carbocycles. The quantitative estimate of drug-likeness (QED) is 0.868. The molecule has 5 nitrogen and oxygen atoms in total. The molecule has 0 radical (unpaired) electrons. The van der Waals surface area contributed by atoms with Crippen LogP contribution in [0.25, 0.3) is 0 Å². The zero-order valence-corrected chi connectivity index (χ0v) is 13.9. The lowest BCUT2D eigenvalue weighted by Gasteiger charge is -2.15. The molecule has 8 heteroatoms. The highest BCUT2D eigenvalue weighted by Gasteiger charge is 2.22. The predicted molar refractivity (Wildman–Crippen MR) is 80.8 cm³/mol. The molecule has 2 heterocycles. The molecule has 2 rings (SSSR count). The Labute approximate surface area is 130 Å². The SMILES string of the molecule is CN(Cc1cc(Br)cs1)S(=O)(=O)c1ccc(CO)cn1. The number of hydrogen-bond acceptors (Lipinski definition) is 5. The third-order valence-electron chi connectivity index (χ3n) is 2.66. The van der Waals surface area contributed by atoms with Crippen LogP contribution in [0.5, 0.6) is 0 Å². The Bertz CT molecular complexity index is 683. The number of aromatic nitrogens is 1. The molecule has 0 aliphatic carbocycles. The first-order chi connectivity index (χ1) is 9.43. The van der Waals surface area contributed by atoms with Crippen molar-refractivity contribution >= 4 is 37.3 Å². The maximum absolute atomic E-state index is 12.3. The topological polar surface area (TPSA) is 70.5 Å². The van der Waals surface area contributed by atoms with Gasteiger partial charge >= 0.3 is 0 Å². The summed E-state index contributed by atoms with van der Waals surface area (Å²) in [6, 6.07) is 4.84. The van der Waals surface area contributed by atoms with Crippen LogP contribution in [0.1, 0.15) is 10.4 Å². The minimum Gasteiger partial charge on any atom is -0.392 e. The van der Waals surface area contributed by atoms with Gasteiger partial charge in [-0.2, -0.15) is 4.31 Å². The van der Waals surface area contributed by atoms with Crippen LogP contribution in [0.2, 0.25) is 0 Å². The van der Waals surface area contributed by atoms with Gasteiger partial charge in [-0.15, -0.1) is 11.3 Å². The Morgan fingerprint density at radius 2 is 2.20 bits per heavy atom. The Kier molecular flexibility index (Phi) is 4.92. The Morgan fingerprint density at radius 1 is 1.45 bits per heavy atom. The van der Waals surface area contributed by atoms with Crippen molar-refractivity contribution in [1.29, 1.82) is 0 Å². The van der Waals surface area contributed by atoms with Gasteiger partial charge in [0.1, 0.15) is 0 Å². The number of pyridine rings is 1. The molecule has 2 aromatic heterocycles. The van der Waals surface area contributed by atoms with Crippen LogP contribution in [0.15, 0.2) is 39.3 Å². The molecular weight excluding hydrogens is 364 g/mol. The molecule has 1 N–H and O–H groups in total. The van der Waals surface area contributed by atoms with Crippen LogP contribution < -0.4 is 0 Å². The molecule has 0 atom stereocenters. The normalized spacial score (nSPS) is 12.0. The van der Waals surface area contributed by atoms with Gasteiger partial charge in [-0.25, -0.2) is 13.4 Å². The average Bonchev–Trinajstić information content (AvgIpc) is 2.84. The summed E-state index contributed by atoms with van der Waals surface area (Å²) in [6.45, 7) is 0.133. The summed E-state index contributed by atoms with van der Waals surface area (Å²) in [7, 11) is -2.10. The first-order valence-electron chi connectivity index (χ1n) is 5.68. The summed E-state index contributed by atoms with van der Waals surface area (Å²) in [5.41, 5.74) is 0.578. The zero-order valence-electron chi connectivity index (χ0n) is 10.7.